The Morgan fingerprint density at radius 1 is 1.41 bits per heavy atom. The number of benzene rings is 1. The van der Waals surface area contributed by atoms with Crippen molar-refractivity contribution >= 4 is 27.5 Å². The number of hydrogen-bond acceptors (Lipinski definition) is 5. The molecular weight excluding hydrogens is 371 g/mol. The van der Waals surface area contributed by atoms with Crippen LogP contribution in [0.2, 0.25) is 0 Å². The van der Waals surface area contributed by atoms with Gasteiger partial charge in [0.2, 0.25) is 15.9 Å². The molecule has 3 atom stereocenters. The molecule has 0 saturated heterocycles. The topological polar surface area (TPSA) is 99.7 Å². The van der Waals surface area contributed by atoms with Crippen molar-refractivity contribution in [3.63, 3.8) is 0 Å². The first-order valence-corrected chi connectivity index (χ1v) is 10.2. The molecule has 3 unspecified atom stereocenters. The monoisotopic (exact) mass is 390 g/mol. The highest BCUT2D eigenvalue weighted by molar-refractivity contribution is 7.92. The quantitative estimate of drug-likeness (QED) is 0.711. The lowest BCUT2D eigenvalue weighted by Crippen LogP contribution is -2.40. The molecule has 1 aliphatic carbocycles. The number of carbonyl (C=O) groups is 1. The average molecular weight is 390 g/mol. The third-order valence-corrected chi connectivity index (χ3v) is 6.48. The van der Waals surface area contributed by atoms with E-state index in [2.05, 4.69) is 20.3 Å². The van der Waals surface area contributed by atoms with Gasteiger partial charge in [0.1, 0.15) is 17.5 Å². The minimum absolute atomic E-state index is 0.0394. The Morgan fingerprint density at radius 2 is 2.19 bits per heavy atom. The number of amides is 1. The van der Waals surface area contributed by atoms with E-state index in [0.717, 1.165) is 5.84 Å². The van der Waals surface area contributed by atoms with E-state index >= 15 is 0 Å². The molecule has 0 bridgehead atoms. The van der Waals surface area contributed by atoms with Gasteiger partial charge in [-0.05, 0) is 30.7 Å². The van der Waals surface area contributed by atoms with E-state index in [4.69, 9.17) is 0 Å². The molecule has 27 heavy (non-hydrogen) atoms. The van der Waals surface area contributed by atoms with Crippen LogP contribution in [0.5, 0.6) is 0 Å². The fraction of sp³-hybridized carbons (Fsp3) is 0.333. The predicted octanol–water partition coefficient (Wildman–Crippen LogP) is 1.58. The number of amidine groups is 1. The molecule has 142 valence electrons. The van der Waals surface area contributed by atoms with Crippen LogP contribution in [0.25, 0.3) is 0 Å². The highest BCUT2D eigenvalue weighted by Gasteiger charge is 2.68. The van der Waals surface area contributed by atoms with Gasteiger partial charge >= 0.3 is 0 Å². The van der Waals surface area contributed by atoms with Crippen LogP contribution in [0.1, 0.15) is 19.4 Å². The van der Waals surface area contributed by atoms with Crippen LogP contribution in [0, 0.1) is 17.7 Å². The molecule has 7 nitrogen and oxygen atoms in total. The summed E-state index contributed by atoms with van der Waals surface area (Å²) in [7, 11) is -3.56. The van der Waals surface area contributed by atoms with Gasteiger partial charge in [0, 0.05) is 30.4 Å². The maximum absolute atomic E-state index is 14.6. The third-order valence-electron chi connectivity index (χ3n) is 5.19. The molecule has 1 aromatic rings. The molecule has 3 N–H and O–H groups in total. The molecule has 1 amide bonds. The van der Waals surface area contributed by atoms with Gasteiger partial charge in [-0.25, -0.2) is 17.8 Å². The number of halogens is 1. The number of anilines is 1. The number of aliphatic imine (C=N–C) groups is 1. The van der Waals surface area contributed by atoms with Crippen molar-refractivity contribution in [1.29, 1.82) is 0 Å². The lowest BCUT2D eigenvalue weighted by Gasteiger charge is -2.24. The van der Waals surface area contributed by atoms with Gasteiger partial charge in [-0.1, -0.05) is 12.1 Å². The van der Waals surface area contributed by atoms with Crippen LogP contribution in [-0.4, -0.2) is 25.9 Å². The van der Waals surface area contributed by atoms with Gasteiger partial charge in [-0.15, -0.1) is 0 Å². The fourth-order valence-electron chi connectivity index (χ4n) is 3.93. The third kappa shape index (κ3) is 2.82. The average Bonchev–Trinajstić information content (AvgIpc) is 3.26. The highest BCUT2D eigenvalue weighted by Crippen LogP contribution is 2.64. The van der Waals surface area contributed by atoms with Crippen molar-refractivity contribution in [1.82, 2.24) is 10.6 Å². The van der Waals surface area contributed by atoms with E-state index < -0.39 is 21.3 Å². The van der Waals surface area contributed by atoms with Crippen molar-refractivity contribution in [2.45, 2.75) is 19.3 Å². The number of carbonyl (C=O) groups excluding carboxylic acids is 1. The summed E-state index contributed by atoms with van der Waals surface area (Å²) < 4.78 is 40.3. The van der Waals surface area contributed by atoms with Crippen molar-refractivity contribution < 1.29 is 17.6 Å². The Morgan fingerprint density at radius 3 is 2.85 bits per heavy atom. The largest absolute Gasteiger partial charge is 0.330 e. The van der Waals surface area contributed by atoms with Crippen LogP contribution in [-0.2, 0) is 20.2 Å². The summed E-state index contributed by atoms with van der Waals surface area (Å²) in [5, 5.41) is 5.84. The number of rotatable bonds is 5. The van der Waals surface area contributed by atoms with E-state index in [1.807, 2.05) is 12.2 Å². The first-order chi connectivity index (χ1) is 12.8. The molecule has 1 aromatic carbocycles. The number of hydrogen-bond donors (Lipinski definition) is 3. The van der Waals surface area contributed by atoms with Crippen molar-refractivity contribution in [2.75, 3.05) is 10.5 Å². The predicted molar refractivity (Wildman–Crippen MR) is 99.8 cm³/mol. The van der Waals surface area contributed by atoms with Gasteiger partial charge in [-0.3, -0.25) is 9.52 Å². The zero-order valence-electron chi connectivity index (χ0n) is 14.8. The Bertz CT molecular complexity index is 1030. The maximum Gasteiger partial charge on any atom is 0.232 e. The maximum atomic E-state index is 14.6. The summed E-state index contributed by atoms with van der Waals surface area (Å²) in [6.45, 7) is 2.90. The molecule has 3 aliphatic rings. The van der Waals surface area contributed by atoms with Gasteiger partial charge < -0.3 is 10.6 Å². The molecule has 2 aliphatic heterocycles. The van der Waals surface area contributed by atoms with Gasteiger partial charge in [0.25, 0.3) is 0 Å². The molecular formula is C18H19FN4O3S. The Labute approximate surface area is 156 Å². The second kappa shape index (κ2) is 5.91. The van der Waals surface area contributed by atoms with E-state index in [1.165, 1.54) is 26.0 Å². The number of nitrogens with zero attached hydrogens (tertiary/aromatic N) is 1. The molecule has 2 heterocycles. The second-order valence-corrected chi connectivity index (χ2v) is 8.87. The minimum Gasteiger partial charge on any atom is -0.330 e. The van der Waals surface area contributed by atoms with E-state index in [0.29, 0.717) is 11.4 Å². The summed E-state index contributed by atoms with van der Waals surface area (Å²) in [5.74, 6) is 0.379. The Kier molecular flexibility index (Phi) is 3.88. The van der Waals surface area contributed by atoms with Crippen molar-refractivity contribution in [2.24, 2.45) is 16.8 Å². The summed E-state index contributed by atoms with van der Waals surface area (Å²) in [6.07, 6.45) is 5.56. The SMILES string of the molecule is CCS(=O)(=O)Nc1ccc(C23C=C(NC(C)=O)NC4=NC=CC2C43)cc1F. The Balaban J connectivity index is 1.74. The van der Waals surface area contributed by atoms with E-state index in [1.54, 1.807) is 12.3 Å². The van der Waals surface area contributed by atoms with Gasteiger partial charge in [0.15, 0.2) is 0 Å². The van der Waals surface area contributed by atoms with E-state index in [-0.39, 0.29) is 29.2 Å². The van der Waals surface area contributed by atoms with E-state index in [9.17, 15) is 17.6 Å². The molecule has 0 aromatic heterocycles. The first-order valence-electron chi connectivity index (χ1n) is 8.59. The van der Waals surface area contributed by atoms with Gasteiger partial charge in [-0.2, -0.15) is 0 Å². The van der Waals surface area contributed by atoms with Crippen LogP contribution in [0.15, 0.2) is 47.4 Å². The standard InChI is InChI=1S/C18H19FN4O3S/c1-3-27(25,26)23-14-5-4-11(8-13(14)19)18-9-15(21-10(2)24)22-17-16(18)12(18)6-7-20-17/h4-9,12,16,23H,3H2,1-2H3,(H,20,22)(H,21,24). The molecule has 1 fully saturated rings. The highest BCUT2D eigenvalue weighted by atomic mass is 32.2. The van der Waals surface area contributed by atoms with Crippen molar-refractivity contribution in [3.8, 4) is 0 Å². The van der Waals surface area contributed by atoms with Gasteiger partial charge in [0.05, 0.1) is 11.4 Å². The van der Waals surface area contributed by atoms with Crippen LogP contribution in [0.4, 0.5) is 10.1 Å². The minimum atomic E-state index is -3.56. The lowest BCUT2D eigenvalue weighted by atomic mass is 9.89. The number of sulfonamides is 1. The number of fused-ring (bicyclic) bond motifs is 1. The van der Waals surface area contributed by atoms with Crippen molar-refractivity contribution in [3.05, 3.63) is 53.8 Å². The molecule has 9 heteroatoms. The number of allylic oxidation sites excluding steroid dienone is 2. The normalized spacial score (nSPS) is 27.7. The number of nitrogens with one attached hydrogen (secondary N) is 3. The van der Waals surface area contributed by atoms with Crippen LogP contribution >= 0.6 is 0 Å². The summed E-state index contributed by atoms with van der Waals surface area (Å²) >= 11 is 0. The summed E-state index contributed by atoms with van der Waals surface area (Å²) in [4.78, 5) is 15.8. The molecule has 0 radical (unpaired) electrons. The zero-order chi connectivity index (χ0) is 19.4. The zero-order valence-corrected chi connectivity index (χ0v) is 15.6. The smallest absolute Gasteiger partial charge is 0.232 e. The second-order valence-electron chi connectivity index (χ2n) is 6.86. The molecule has 1 saturated carbocycles. The van der Waals surface area contributed by atoms with Crippen LogP contribution in [0.3, 0.4) is 0 Å². The first kappa shape index (κ1) is 17.7. The summed E-state index contributed by atoms with van der Waals surface area (Å²) in [6, 6.07) is 4.50. The lowest BCUT2D eigenvalue weighted by molar-refractivity contribution is -0.118. The summed E-state index contributed by atoms with van der Waals surface area (Å²) in [5.41, 5.74) is 0.112. The molecule has 0 spiro atoms. The Hall–Kier alpha value is -2.68. The molecule has 4 rings (SSSR count). The van der Waals surface area contributed by atoms with Crippen LogP contribution < -0.4 is 15.4 Å². The fourth-order valence-corrected chi connectivity index (χ4v) is 4.57.